The highest BCUT2D eigenvalue weighted by atomic mass is 19.1. The highest BCUT2D eigenvalue weighted by Gasteiger charge is 2.34. The van der Waals surface area contributed by atoms with Gasteiger partial charge in [-0.2, -0.15) is 0 Å². The maximum Gasteiger partial charge on any atom is 0.253 e. The van der Waals surface area contributed by atoms with Crippen LogP contribution in [0.25, 0.3) is 0 Å². The van der Waals surface area contributed by atoms with E-state index in [0.29, 0.717) is 17.5 Å². The lowest BCUT2D eigenvalue weighted by molar-refractivity contribution is 0.0661. The number of benzene rings is 1. The van der Waals surface area contributed by atoms with E-state index in [-0.39, 0.29) is 11.7 Å². The maximum absolute atomic E-state index is 13.4. The van der Waals surface area contributed by atoms with Crippen molar-refractivity contribution in [3.8, 4) is 0 Å². The third-order valence-corrected chi connectivity index (χ3v) is 4.23. The van der Waals surface area contributed by atoms with Gasteiger partial charge >= 0.3 is 0 Å². The van der Waals surface area contributed by atoms with Gasteiger partial charge in [-0.3, -0.25) is 4.79 Å². The topological polar surface area (TPSA) is 32.3 Å². The van der Waals surface area contributed by atoms with Crippen molar-refractivity contribution < 1.29 is 9.18 Å². The lowest BCUT2D eigenvalue weighted by atomic mass is 9.93. The van der Waals surface area contributed by atoms with Gasteiger partial charge in [0.2, 0.25) is 0 Å². The van der Waals surface area contributed by atoms with Crippen molar-refractivity contribution in [2.75, 3.05) is 19.6 Å². The Morgan fingerprint density at radius 2 is 2.21 bits per heavy atom. The summed E-state index contributed by atoms with van der Waals surface area (Å²) in [6.07, 6.45) is 2.14. The largest absolute Gasteiger partial charge is 0.338 e. The van der Waals surface area contributed by atoms with Gasteiger partial charge in [0, 0.05) is 24.7 Å². The van der Waals surface area contributed by atoms with E-state index in [1.54, 1.807) is 6.07 Å². The first-order chi connectivity index (χ1) is 9.13. The number of carbonyl (C=O) groups is 1. The third kappa shape index (κ3) is 2.50. The van der Waals surface area contributed by atoms with E-state index >= 15 is 0 Å². The predicted octanol–water partition coefficient (Wildman–Crippen LogP) is 1.96. The SMILES string of the molecule is Cc1cc(F)cc(C(=O)N2CCC3NCCC3C2)c1. The number of halogens is 1. The molecule has 2 atom stereocenters. The van der Waals surface area contributed by atoms with E-state index in [1.807, 2.05) is 11.8 Å². The van der Waals surface area contributed by atoms with Gasteiger partial charge in [0.15, 0.2) is 0 Å². The average Bonchev–Trinajstić information content (AvgIpc) is 2.83. The van der Waals surface area contributed by atoms with E-state index in [0.717, 1.165) is 38.0 Å². The molecule has 1 aromatic carbocycles. The Kier molecular flexibility index (Phi) is 3.27. The number of aryl methyl sites for hydroxylation is 1. The van der Waals surface area contributed by atoms with Crippen LogP contribution in [0.5, 0.6) is 0 Å². The number of fused-ring (bicyclic) bond motifs is 1. The predicted molar refractivity (Wildman–Crippen MR) is 71.6 cm³/mol. The van der Waals surface area contributed by atoms with Crippen LogP contribution in [0.15, 0.2) is 18.2 Å². The Morgan fingerprint density at radius 3 is 3.00 bits per heavy atom. The number of hydrogen-bond donors (Lipinski definition) is 1. The monoisotopic (exact) mass is 262 g/mol. The normalized spacial score (nSPS) is 26.3. The zero-order valence-corrected chi connectivity index (χ0v) is 11.2. The Labute approximate surface area is 112 Å². The van der Waals surface area contributed by atoms with E-state index < -0.39 is 0 Å². The van der Waals surface area contributed by atoms with E-state index in [4.69, 9.17) is 0 Å². The maximum atomic E-state index is 13.4. The van der Waals surface area contributed by atoms with Gasteiger partial charge in [-0.1, -0.05) is 0 Å². The number of likely N-dealkylation sites (tertiary alicyclic amines) is 1. The number of carbonyl (C=O) groups excluding carboxylic acids is 1. The van der Waals surface area contributed by atoms with Crippen LogP contribution in [0, 0.1) is 18.7 Å². The molecule has 2 saturated heterocycles. The van der Waals surface area contributed by atoms with Crippen molar-refractivity contribution in [1.29, 1.82) is 0 Å². The molecule has 0 aliphatic carbocycles. The molecule has 1 amide bonds. The summed E-state index contributed by atoms with van der Waals surface area (Å²) in [6, 6.07) is 5.13. The van der Waals surface area contributed by atoms with Gasteiger partial charge in [0.25, 0.3) is 5.91 Å². The number of piperidine rings is 1. The Bertz CT molecular complexity index is 483. The molecule has 0 spiro atoms. The fourth-order valence-electron chi connectivity index (χ4n) is 3.27. The van der Waals surface area contributed by atoms with Crippen LogP contribution in [-0.4, -0.2) is 36.5 Å². The molecule has 2 unspecified atom stereocenters. The van der Waals surface area contributed by atoms with E-state index in [2.05, 4.69) is 5.32 Å². The minimum absolute atomic E-state index is 0.0343. The quantitative estimate of drug-likeness (QED) is 0.839. The first-order valence-corrected chi connectivity index (χ1v) is 6.93. The summed E-state index contributed by atoms with van der Waals surface area (Å²) in [5.74, 6) is 0.195. The molecule has 0 bridgehead atoms. The molecule has 0 saturated carbocycles. The fourth-order valence-corrected chi connectivity index (χ4v) is 3.27. The van der Waals surface area contributed by atoms with Crippen LogP contribution in [0.2, 0.25) is 0 Å². The molecule has 2 fully saturated rings. The number of nitrogens with zero attached hydrogens (tertiary/aromatic N) is 1. The smallest absolute Gasteiger partial charge is 0.253 e. The zero-order chi connectivity index (χ0) is 13.4. The lowest BCUT2D eigenvalue weighted by Gasteiger charge is -2.35. The summed E-state index contributed by atoms with van der Waals surface area (Å²) in [5, 5.41) is 3.48. The van der Waals surface area contributed by atoms with Crippen LogP contribution in [0.1, 0.15) is 28.8 Å². The summed E-state index contributed by atoms with van der Waals surface area (Å²) in [5.41, 5.74) is 1.27. The minimum atomic E-state index is -0.333. The molecule has 2 heterocycles. The minimum Gasteiger partial charge on any atom is -0.338 e. The Balaban J connectivity index is 1.76. The first-order valence-electron chi connectivity index (χ1n) is 6.93. The van der Waals surface area contributed by atoms with Crippen molar-refractivity contribution in [2.45, 2.75) is 25.8 Å². The van der Waals surface area contributed by atoms with Crippen molar-refractivity contribution in [3.05, 3.63) is 35.1 Å². The number of amides is 1. The van der Waals surface area contributed by atoms with Gasteiger partial charge in [-0.15, -0.1) is 0 Å². The standard InChI is InChI=1S/C15H19FN2O/c1-10-6-12(8-13(16)7-10)15(19)18-5-3-14-11(9-18)2-4-17-14/h6-8,11,14,17H,2-5,9H2,1H3. The fraction of sp³-hybridized carbons (Fsp3) is 0.533. The molecular formula is C15H19FN2O. The number of rotatable bonds is 1. The van der Waals surface area contributed by atoms with Crippen LogP contribution in [0.3, 0.4) is 0 Å². The molecule has 0 aromatic heterocycles. The van der Waals surface area contributed by atoms with Gasteiger partial charge in [-0.05, 0) is 56.0 Å². The van der Waals surface area contributed by atoms with Crippen LogP contribution in [-0.2, 0) is 0 Å². The van der Waals surface area contributed by atoms with Crippen LogP contribution >= 0.6 is 0 Å². The molecule has 2 aliphatic rings. The van der Waals surface area contributed by atoms with Crippen molar-refractivity contribution in [1.82, 2.24) is 10.2 Å². The molecule has 1 aromatic rings. The Hall–Kier alpha value is -1.42. The van der Waals surface area contributed by atoms with Crippen LogP contribution in [0.4, 0.5) is 4.39 Å². The average molecular weight is 262 g/mol. The van der Waals surface area contributed by atoms with E-state index in [1.165, 1.54) is 12.1 Å². The zero-order valence-electron chi connectivity index (χ0n) is 11.2. The van der Waals surface area contributed by atoms with Gasteiger partial charge < -0.3 is 10.2 Å². The number of hydrogen-bond acceptors (Lipinski definition) is 2. The van der Waals surface area contributed by atoms with Crippen molar-refractivity contribution >= 4 is 5.91 Å². The Morgan fingerprint density at radius 1 is 1.37 bits per heavy atom. The van der Waals surface area contributed by atoms with Gasteiger partial charge in [-0.25, -0.2) is 4.39 Å². The summed E-state index contributed by atoms with van der Waals surface area (Å²) in [6.45, 7) is 4.43. The van der Waals surface area contributed by atoms with Crippen molar-refractivity contribution in [3.63, 3.8) is 0 Å². The van der Waals surface area contributed by atoms with Crippen molar-refractivity contribution in [2.24, 2.45) is 5.92 Å². The molecule has 3 nitrogen and oxygen atoms in total. The second-order valence-electron chi connectivity index (χ2n) is 5.67. The lowest BCUT2D eigenvalue weighted by Crippen LogP contribution is -2.46. The highest BCUT2D eigenvalue weighted by Crippen LogP contribution is 2.25. The van der Waals surface area contributed by atoms with Gasteiger partial charge in [0.05, 0.1) is 0 Å². The molecular weight excluding hydrogens is 243 g/mol. The molecule has 1 N–H and O–H groups in total. The highest BCUT2D eigenvalue weighted by molar-refractivity contribution is 5.94. The molecule has 102 valence electrons. The first kappa shape index (κ1) is 12.6. The molecule has 3 rings (SSSR count). The molecule has 2 aliphatic heterocycles. The number of nitrogens with one attached hydrogen (secondary N) is 1. The molecule has 19 heavy (non-hydrogen) atoms. The third-order valence-electron chi connectivity index (χ3n) is 4.23. The summed E-state index contributed by atoms with van der Waals surface area (Å²) in [4.78, 5) is 14.3. The summed E-state index contributed by atoms with van der Waals surface area (Å²) in [7, 11) is 0. The van der Waals surface area contributed by atoms with Gasteiger partial charge in [0.1, 0.15) is 5.82 Å². The summed E-state index contributed by atoms with van der Waals surface area (Å²) < 4.78 is 13.4. The summed E-state index contributed by atoms with van der Waals surface area (Å²) >= 11 is 0. The second kappa shape index (κ2) is 4.93. The molecule has 0 radical (unpaired) electrons. The van der Waals surface area contributed by atoms with Crippen LogP contribution < -0.4 is 5.32 Å². The molecule has 4 heteroatoms. The van der Waals surface area contributed by atoms with E-state index in [9.17, 15) is 9.18 Å². The second-order valence-corrected chi connectivity index (χ2v) is 5.67.